The van der Waals surface area contributed by atoms with Crippen LogP contribution < -0.4 is 5.56 Å². The van der Waals surface area contributed by atoms with Crippen molar-refractivity contribution < 1.29 is 14.3 Å². The number of nitrogens with zero attached hydrogens (tertiary/aromatic N) is 2. The fraction of sp³-hybridized carbons (Fsp3) is 0.500. The average Bonchev–Trinajstić information content (AvgIpc) is 2.60. The summed E-state index contributed by atoms with van der Waals surface area (Å²) in [7, 11) is 1.31. The molecule has 0 amide bonds. The largest absolute Gasteiger partial charge is 0.465 e. The van der Waals surface area contributed by atoms with Gasteiger partial charge in [0.2, 0.25) is 0 Å². The second-order valence-electron chi connectivity index (χ2n) is 7.89. The van der Waals surface area contributed by atoms with Crippen molar-refractivity contribution in [1.29, 1.82) is 0 Å². The van der Waals surface area contributed by atoms with Crippen molar-refractivity contribution in [2.75, 3.05) is 12.9 Å². The van der Waals surface area contributed by atoms with Gasteiger partial charge in [0.15, 0.2) is 5.16 Å². The fourth-order valence-corrected chi connectivity index (χ4v) is 3.60. The number of hydrogen-bond donors (Lipinski definition) is 0. The molecule has 0 aliphatic carbocycles. The van der Waals surface area contributed by atoms with E-state index in [-0.39, 0.29) is 23.0 Å². The minimum atomic E-state index is -0.484. The lowest BCUT2D eigenvalue weighted by molar-refractivity contribution is -0.123. The number of ether oxygens (including phenoxy) is 1. The highest BCUT2D eigenvalue weighted by Gasteiger charge is 2.22. The van der Waals surface area contributed by atoms with Crippen LogP contribution in [0.4, 0.5) is 0 Å². The SMILES string of the molecule is COC(=O)c1ccc2c(=O)n(CC(C)C)c(SCC(=O)C(C)(C)C)nc2c1. The summed E-state index contributed by atoms with van der Waals surface area (Å²) in [5.41, 5.74) is 0.134. The fourth-order valence-electron chi connectivity index (χ4n) is 2.43. The lowest BCUT2D eigenvalue weighted by Crippen LogP contribution is -2.27. The van der Waals surface area contributed by atoms with Crippen molar-refractivity contribution in [2.45, 2.75) is 46.3 Å². The average molecular weight is 391 g/mol. The maximum absolute atomic E-state index is 13.0. The standard InChI is InChI=1S/C20H26N2O4S/c1-12(2)10-22-17(24)14-8-7-13(18(25)26-6)9-15(14)21-19(22)27-11-16(23)20(3,4)5/h7-9,12H,10-11H2,1-6H3. The first-order chi connectivity index (χ1) is 12.5. The molecule has 0 unspecified atom stereocenters. The molecule has 2 rings (SSSR count). The molecular formula is C20H26N2O4S. The van der Waals surface area contributed by atoms with Crippen molar-refractivity contribution in [3.05, 3.63) is 34.1 Å². The molecule has 146 valence electrons. The van der Waals surface area contributed by atoms with Gasteiger partial charge < -0.3 is 4.74 Å². The molecule has 1 aromatic heterocycles. The van der Waals surface area contributed by atoms with E-state index in [0.717, 1.165) is 0 Å². The van der Waals surface area contributed by atoms with E-state index >= 15 is 0 Å². The Kier molecular flexibility index (Phi) is 6.46. The van der Waals surface area contributed by atoms with Crippen molar-refractivity contribution in [1.82, 2.24) is 9.55 Å². The number of thioether (sulfide) groups is 1. The molecule has 7 heteroatoms. The Balaban J connectivity index is 2.55. The van der Waals surface area contributed by atoms with Crippen molar-refractivity contribution in [2.24, 2.45) is 11.3 Å². The summed E-state index contributed by atoms with van der Waals surface area (Å²) in [6.07, 6.45) is 0. The van der Waals surface area contributed by atoms with Crippen LogP contribution in [0.5, 0.6) is 0 Å². The Morgan fingerprint density at radius 2 is 1.93 bits per heavy atom. The van der Waals surface area contributed by atoms with E-state index in [1.165, 1.54) is 18.9 Å². The molecule has 0 N–H and O–H groups in total. The summed E-state index contributed by atoms with van der Waals surface area (Å²) < 4.78 is 6.36. The first-order valence-corrected chi connectivity index (χ1v) is 9.82. The van der Waals surface area contributed by atoms with E-state index in [1.807, 2.05) is 34.6 Å². The number of benzene rings is 1. The van der Waals surface area contributed by atoms with Crippen molar-refractivity contribution >= 4 is 34.4 Å². The van der Waals surface area contributed by atoms with Crippen LogP contribution in [0.2, 0.25) is 0 Å². The van der Waals surface area contributed by atoms with Crippen LogP contribution in [0.1, 0.15) is 45.0 Å². The molecule has 27 heavy (non-hydrogen) atoms. The lowest BCUT2D eigenvalue weighted by atomic mass is 9.92. The maximum Gasteiger partial charge on any atom is 0.337 e. The summed E-state index contributed by atoms with van der Waals surface area (Å²) in [6, 6.07) is 4.72. The van der Waals surface area contributed by atoms with Gasteiger partial charge >= 0.3 is 5.97 Å². The summed E-state index contributed by atoms with van der Waals surface area (Å²) in [5.74, 6) is 0.0772. The summed E-state index contributed by atoms with van der Waals surface area (Å²) in [4.78, 5) is 41.7. The first kappa shape index (κ1) is 21.2. The van der Waals surface area contributed by atoms with Gasteiger partial charge in [0.25, 0.3) is 5.56 Å². The Morgan fingerprint density at radius 3 is 2.48 bits per heavy atom. The highest BCUT2D eigenvalue weighted by molar-refractivity contribution is 7.99. The Hall–Kier alpha value is -2.15. The number of methoxy groups -OCH3 is 1. The normalized spacial score (nSPS) is 11.8. The summed E-state index contributed by atoms with van der Waals surface area (Å²) in [6.45, 7) is 10.2. The van der Waals surface area contributed by atoms with E-state index in [0.29, 0.717) is 28.2 Å². The number of ketones is 1. The van der Waals surface area contributed by atoms with Crippen LogP contribution in [-0.2, 0) is 16.1 Å². The number of fused-ring (bicyclic) bond motifs is 1. The van der Waals surface area contributed by atoms with E-state index in [1.54, 1.807) is 22.8 Å². The second kappa shape index (κ2) is 8.25. The molecule has 2 aromatic rings. The predicted octanol–water partition coefficient (Wildman–Crippen LogP) is 3.55. The topological polar surface area (TPSA) is 78.3 Å². The van der Waals surface area contributed by atoms with Gasteiger partial charge in [-0.1, -0.05) is 46.4 Å². The first-order valence-electron chi connectivity index (χ1n) is 8.83. The van der Waals surface area contributed by atoms with Gasteiger partial charge in [0, 0.05) is 12.0 Å². The third kappa shape index (κ3) is 4.97. The molecule has 0 aliphatic rings. The van der Waals surface area contributed by atoms with Crippen molar-refractivity contribution in [3.63, 3.8) is 0 Å². The zero-order chi connectivity index (χ0) is 20.4. The zero-order valence-corrected chi connectivity index (χ0v) is 17.5. The molecule has 0 bridgehead atoms. The zero-order valence-electron chi connectivity index (χ0n) is 16.7. The lowest BCUT2D eigenvalue weighted by Gasteiger charge is -2.18. The van der Waals surface area contributed by atoms with Crippen LogP contribution in [0, 0.1) is 11.3 Å². The molecule has 0 radical (unpaired) electrons. The Labute approximate surface area is 163 Å². The summed E-state index contributed by atoms with van der Waals surface area (Å²) in [5, 5.41) is 0.926. The minimum absolute atomic E-state index is 0.0845. The van der Waals surface area contributed by atoms with E-state index in [2.05, 4.69) is 4.98 Å². The molecule has 6 nitrogen and oxygen atoms in total. The highest BCUT2D eigenvalue weighted by atomic mass is 32.2. The number of Topliss-reactive ketones (excluding diaryl/α,β-unsaturated/α-hetero) is 1. The van der Waals surface area contributed by atoms with E-state index in [4.69, 9.17) is 4.74 Å². The van der Waals surface area contributed by atoms with Gasteiger partial charge in [-0.2, -0.15) is 0 Å². The number of esters is 1. The smallest absolute Gasteiger partial charge is 0.337 e. The van der Waals surface area contributed by atoms with Gasteiger partial charge in [-0.25, -0.2) is 9.78 Å². The minimum Gasteiger partial charge on any atom is -0.465 e. The second-order valence-corrected chi connectivity index (χ2v) is 8.83. The van der Waals surface area contributed by atoms with Crippen molar-refractivity contribution in [3.8, 4) is 0 Å². The van der Waals surface area contributed by atoms with Crippen LogP contribution in [0.25, 0.3) is 10.9 Å². The Bertz CT molecular complexity index is 926. The number of carbonyl (C=O) groups is 2. The monoisotopic (exact) mass is 390 g/mol. The molecule has 0 spiro atoms. The van der Waals surface area contributed by atoms with Gasteiger partial charge in [-0.05, 0) is 24.1 Å². The predicted molar refractivity (Wildman–Crippen MR) is 107 cm³/mol. The van der Waals surface area contributed by atoms with E-state index < -0.39 is 11.4 Å². The van der Waals surface area contributed by atoms with Gasteiger partial charge in [0.05, 0.1) is 29.3 Å². The molecule has 0 fully saturated rings. The molecule has 0 atom stereocenters. The van der Waals surface area contributed by atoms with Crippen LogP contribution in [0.3, 0.4) is 0 Å². The Morgan fingerprint density at radius 1 is 1.26 bits per heavy atom. The maximum atomic E-state index is 13.0. The molecule has 0 saturated heterocycles. The van der Waals surface area contributed by atoms with Gasteiger partial charge in [-0.3, -0.25) is 14.2 Å². The van der Waals surface area contributed by atoms with Crippen LogP contribution in [-0.4, -0.2) is 34.2 Å². The molecule has 1 heterocycles. The molecule has 1 aromatic carbocycles. The number of aromatic nitrogens is 2. The molecule has 0 aliphatic heterocycles. The number of rotatable bonds is 6. The van der Waals surface area contributed by atoms with E-state index in [9.17, 15) is 14.4 Å². The molecule has 0 saturated carbocycles. The van der Waals surface area contributed by atoms with Gasteiger partial charge in [0.1, 0.15) is 5.78 Å². The third-order valence-corrected chi connectivity index (χ3v) is 5.03. The van der Waals surface area contributed by atoms with Crippen LogP contribution >= 0.6 is 11.8 Å². The molecular weight excluding hydrogens is 364 g/mol. The number of carbonyl (C=O) groups excluding carboxylic acids is 2. The quantitative estimate of drug-likeness (QED) is 0.426. The van der Waals surface area contributed by atoms with Gasteiger partial charge in [-0.15, -0.1) is 0 Å². The van der Waals surface area contributed by atoms with Crippen LogP contribution in [0.15, 0.2) is 28.2 Å². The number of hydrogen-bond acceptors (Lipinski definition) is 6. The highest BCUT2D eigenvalue weighted by Crippen LogP contribution is 2.24. The third-order valence-electron chi connectivity index (χ3n) is 4.06. The summed E-state index contributed by atoms with van der Waals surface area (Å²) >= 11 is 1.26.